The third-order valence-corrected chi connectivity index (χ3v) is 6.03. The predicted molar refractivity (Wildman–Crippen MR) is 155 cm³/mol. The fraction of sp³-hybridized carbons (Fsp3) is 0.613. The zero-order chi connectivity index (χ0) is 30.3. The molecule has 0 fully saturated rings. The van der Waals surface area contributed by atoms with Crippen LogP contribution in [0, 0.1) is 18.3 Å². The molecule has 2 N–H and O–H groups in total. The lowest BCUT2D eigenvalue weighted by molar-refractivity contribution is -0.144. The van der Waals surface area contributed by atoms with E-state index in [0.29, 0.717) is 24.1 Å². The van der Waals surface area contributed by atoms with Crippen LogP contribution in [-0.2, 0) is 23.9 Å². The summed E-state index contributed by atoms with van der Waals surface area (Å²) in [6.07, 6.45) is 8.36. The number of amides is 3. The topological polar surface area (TPSA) is 114 Å². The summed E-state index contributed by atoms with van der Waals surface area (Å²) < 4.78 is 10.4. The largest absolute Gasteiger partial charge is 0.466 e. The number of carbonyl (C=O) groups excluding carboxylic acids is 4. The zero-order valence-corrected chi connectivity index (χ0v) is 25.2. The van der Waals surface area contributed by atoms with Crippen LogP contribution in [0.3, 0.4) is 0 Å². The molecule has 3 amide bonds. The van der Waals surface area contributed by atoms with Crippen molar-refractivity contribution in [2.24, 2.45) is 5.92 Å². The summed E-state index contributed by atoms with van der Waals surface area (Å²) in [4.78, 5) is 53.8. The van der Waals surface area contributed by atoms with Gasteiger partial charge in [0.25, 0.3) is 0 Å². The van der Waals surface area contributed by atoms with E-state index in [1.807, 2.05) is 13.8 Å². The molecule has 9 heteroatoms. The Kier molecular flexibility index (Phi) is 14.8. The molecular formula is C31H47N3O6. The fourth-order valence-corrected chi connectivity index (χ4v) is 4.05. The number of esters is 1. The van der Waals surface area contributed by atoms with E-state index in [1.54, 1.807) is 52.0 Å². The summed E-state index contributed by atoms with van der Waals surface area (Å²) in [7, 11) is 0. The lowest BCUT2D eigenvalue weighted by atomic mass is 9.97. The first-order chi connectivity index (χ1) is 18.8. The monoisotopic (exact) mass is 557 g/mol. The van der Waals surface area contributed by atoms with Gasteiger partial charge in [-0.2, -0.15) is 0 Å². The first kappa shape index (κ1) is 34.5. The van der Waals surface area contributed by atoms with Crippen LogP contribution in [0.4, 0.5) is 4.79 Å². The maximum absolute atomic E-state index is 14.1. The average molecular weight is 558 g/mol. The van der Waals surface area contributed by atoms with Crippen LogP contribution in [0.15, 0.2) is 24.3 Å². The molecular weight excluding hydrogens is 510 g/mol. The van der Waals surface area contributed by atoms with Crippen LogP contribution in [0.2, 0.25) is 0 Å². The summed E-state index contributed by atoms with van der Waals surface area (Å²) in [5.41, 5.74) is 0.461. The molecule has 0 aliphatic carbocycles. The summed E-state index contributed by atoms with van der Waals surface area (Å²) in [5.74, 6) is 1.01. The minimum Gasteiger partial charge on any atom is -0.466 e. The van der Waals surface area contributed by atoms with Crippen LogP contribution in [0.1, 0.15) is 97.7 Å². The van der Waals surface area contributed by atoms with Gasteiger partial charge in [0.05, 0.1) is 13.0 Å². The van der Waals surface area contributed by atoms with E-state index in [4.69, 9.17) is 15.9 Å². The van der Waals surface area contributed by atoms with Crippen molar-refractivity contribution in [3.05, 3.63) is 35.4 Å². The van der Waals surface area contributed by atoms with Gasteiger partial charge >= 0.3 is 12.1 Å². The molecule has 1 rings (SSSR count). The molecule has 0 saturated carbocycles. The average Bonchev–Trinajstić information content (AvgIpc) is 2.87. The highest BCUT2D eigenvalue weighted by Gasteiger charge is 2.37. The Morgan fingerprint density at radius 1 is 1.02 bits per heavy atom. The van der Waals surface area contributed by atoms with E-state index >= 15 is 0 Å². The van der Waals surface area contributed by atoms with Crippen molar-refractivity contribution in [2.45, 2.75) is 98.3 Å². The van der Waals surface area contributed by atoms with Crippen LogP contribution in [0.5, 0.6) is 0 Å². The second-order valence-electron chi connectivity index (χ2n) is 11.0. The van der Waals surface area contributed by atoms with E-state index < -0.39 is 41.6 Å². The number of rotatable bonds is 15. The highest BCUT2D eigenvalue weighted by molar-refractivity contribution is 5.92. The number of hydrogen-bond acceptors (Lipinski definition) is 6. The smallest absolute Gasteiger partial charge is 0.408 e. The van der Waals surface area contributed by atoms with Crippen molar-refractivity contribution < 1.29 is 28.7 Å². The first-order valence-corrected chi connectivity index (χ1v) is 14.1. The van der Waals surface area contributed by atoms with E-state index in [9.17, 15) is 19.2 Å². The summed E-state index contributed by atoms with van der Waals surface area (Å²) in [6.45, 7) is 13.3. The van der Waals surface area contributed by atoms with Gasteiger partial charge in [-0.05, 0) is 57.7 Å². The molecule has 0 aliphatic heterocycles. The number of unbranched alkanes of at least 4 members (excludes halogenated alkanes) is 3. The van der Waals surface area contributed by atoms with E-state index in [1.165, 1.54) is 4.90 Å². The van der Waals surface area contributed by atoms with Gasteiger partial charge in [-0.25, -0.2) is 4.79 Å². The van der Waals surface area contributed by atoms with Crippen LogP contribution in [-0.4, -0.2) is 60.1 Å². The maximum atomic E-state index is 14.1. The lowest BCUT2D eigenvalue weighted by Crippen LogP contribution is -2.55. The molecule has 2 atom stereocenters. The van der Waals surface area contributed by atoms with E-state index in [2.05, 4.69) is 23.5 Å². The number of alkyl carbamates (subject to hydrolysis) is 1. The molecule has 40 heavy (non-hydrogen) atoms. The van der Waals surface area contributed by atoms with Crippen LogP contribution in [0.25, 0.3) is 0 Å². The third-order valence-electron chi connectivity index (χ3n) is 6.03. The van der Waals surface area contributed by atoms with Gasteiger partial charge in [-0.1, -0.05) is 58.1 Å². The molecule has 0 bridgehead atoms. The highest BCUT2D eigenvalue weighted by Crippen LogP contribution is 2.25. The second kappa shape index (κ2) is 17.2. The molecule has 0 aromatic heterocycles. The number of hydrogen-bond donors (Lipinski definition) is 2. The first-order valence-electron chi connectivity index (χ1n) is 14.1. The van der Waals surface area contributed by atoms with Gasteiger partial charge in [0.1, 0.15) is 17.7 Å². The summed E-state index contributed by atoms with van der Waals surface area (Å²) >= 11 is 0. The van der Waals surface area contributed by atoms with Gasteiger partial charge in [0.15, 0.2) is 0 Å². The van der Waals surface area contributed by atoms with Crippen molar-refractivity contribution in [1.82, 2.24) is 15.5 Å². The summed E-state index contributed by atoms with van der Waals surface area (Å²) in [6, 6.07) is 4.94. The Hall–Kier alpha value is -3.54. The Bertz CT molecular complexity index is 1010. The molecule has 0 spiro atoms. The highest BCUT2D eigenvalue weighted by atomic mass is 16.6. The molecule has 0 heterocycles. The maximum Gasteiger partial charge on any atom is 0.408 e. The van der Waals surface area contributed by atoms with E-state index in [-0.39, 0.29) is 25.5 Å². The Labute approximate surface area is 239 Å². The molecule has 0 saturated heterocycles. The van der Waals surface area contributed by atoms with E-state index in [0.717, 1.165) is 19.3 Å². The number of nitrogens with one attached hydrogen (secondary N) is 2. The molecule has 222 valence electrons. The number of terminal acetylenes is 1. The molecule has 2 unspecified atom stereocenters. The standard InChI is InChI=1S/C31H47N3O6/c1-9-12-13-14-21-34(29(37)26(22(4)5)33-30(38)40-31(6,7)8)27(24-17-15-23(10-2)16-18-24)28(36)32-20-19-25(35)39-11-3/h2,15-18,22,26-27H,9,11-14,19-21H2,1,3-8H3,(H,32,36)(H,33,38). The normalized spacial score (nSPS) is 12.6. The molecule has 1 aromatic rings. The minimum atomic E-state index is -1.01. The van der Waals surface area contributed by atoms with Gasteiger partial charge < -0.3 is 25.0 Å². The molecule has 0 aliphatic rings. The fourth-order valence-electron chi connectivity index (χ4n) is 4.05. The van der Waals surface area contributed by atoms with Crippen molar-refractivity contribution >= 4 is 23.9 Å². The Morgan fingerprint density at radius 2 is 1.68 bits per heavy atom. The van der Waals surface area contributed by atoms with Crippen molar-refractivity contribution in [3.8, 4) is 12.3 Å². The van der Waals surface area contributed by atoms with Gasteiger partial charge in [0.2, 0.25) is 11.8 Å². The van der Waals surface area contributed by atoms with Crippen LogP contribution < -0.4 is 10.6 Å². The van der Waals surface area contributed by atoms with Gasteiger partial charge in [-0.15, -0.1) is 6.42 Å². The molecule has 1 aromatic carbocycles. The van der Waals surface area contributed by atoms with Gasteiger partial charge in [-0.3, -0.25) is 14.4 Å². The lowest BCUT2D eigenvalue weighted by Gasteiger charge is -2.35. The second-order valence-corrected chi connectivity index (χ2v) is 11.0. The Morgan fingerprint density at radius 3 is 2.20 bits per heavy atom. The van der Waals surface area contributed by atoms with Crippen molar-refractivity contribution in [2.75, 3.05) is 19.7 Å². The number of nitrogens with zero attached hydrogens (tertiary/aromatic N) is 1. The zero-order valence-electron chi connectivity index (χ0n) is 25.2. The number of ether oxygens (including phenoxy) is 2. The van der Waals surface area contributed by atoms with Crippen molar-refractivity contribution in [3.63, 3.8) is 0 Å². The van der Waals surface area contributed by atoms with Crippen LogP contribution >= 0.6 is 0 Å². The Balaban J connectivity index is 3.44. The quantitative estimate of drug-likeness (QED) is 0.183. The molecule has 0 radical (unpaired) electrons. The minimum absolute atomic E-state index is 0.00158. The molecule has 9 nitrogen and oxygen atoms in total. The SMILES string of the molecule is C#Cc1ccc(C(C(=O)NCCC(=O)OCC)N(CCCCCC)C(=O)C(NC(=O)OC(C)(C)C)C(C)C)cc1. The van der Waals surface area contributed by atoms with Gasteiger partial charge in [0, 0.05) is 18.7 Å². The number of benzene rings is 1. The van der Waals surface area contributed by atoms with Crippen molar-refractivity contribution in [1.29, 1.82) is 0 Å². The number of carbonyl (C=O) groups is 4. The third kappa shape index (κ3) is 12.1. The summed E-state index contributed by atoms with van der Waals surface area (Å²) in [5, 5.41) is 5.51. The predicted octanol–water partition coefficient (Wildman–Crippen LogP) is 4.74.